The summed E-state index contributed by atoms with van der Waals surface area (Å²) >= 11 is 0. The van der Waals surface area contributed by atoms with E-state index in [9.17, 15) is 4.79 Å². The predicted molar refractivity (Wildman–Crippen MR) is 99.6 cm³/mol. The zero-order valence-electron chi connectivity index (χ0n) is 14.6. The zero-order chi connectivity index (χ0) is 18.1. The van der Waals surface area contributed by atoms with Crippen LogP contribution in [-0.4, -0.2) is 51.9 Å². The highest BCUT2D eigenvalue weighted by Crippen LogP contribution is 2.32. The van der Waals surface area contributed by atoms with Crippen molar-refractivity contribution in [1.29, 1.82) is 5.26 Å². The molecule has 0 saturated carbocycles. The maximum Gasteiger partial charge on any atom is 0.236 e. The first-order valence-corrected chi connectivity index (χ1v) is 8.77. The molecule has 0 radical (unpaired) electrons. The Balaban J connectivity index is 1.60. The van der Waals surface area contributed by atoms with Gasteiger partial charge in [0.05, 0.1) is 6.07 Å². The van der Waals surface area contributed by atoms with Crippen LogP contribution in [0.1, 0.15) is 19.3 Å². The molecule has 0 unspecified atom stereocenters. The lowest BCUT2D eigenvalue weighted by atomic mass is 10.0. The molecule has 3 aromatic rings. The van der Waals surface area contributed by atoms with Gasteiger partial charge in [-0.25, -0.2) is 9.97 Å². The highest BCUT2D eigenvalue weighted by molar-refractivity contribution is 6.10. The lowest BCUT2D eigenvalue weighted by Crippen LogP contribution is -2.45. The first-order valence-electron chi connectivity index (χ1n) is 8.77. The molecule has 0 bridgehead atoms. The number of nitrogens with one attached hydrogen (secondary N) is 1. The Morgan fingerprint density at radius 1 is 1.38 bits per heavy atom. The molecule has 26 heavy (non-hydrogen) atoms. The van der Waals surface area contributed by atoms with Gasteiger partial charge in [0.2, 0.25) is 5.91 Å². The summed E-state index contributed by atoms with van der Waals surface area (Å²) in [5, 5.41) is 12.0. The number of rotatable bonds is 3. The second kappa shape index (κ2) is 6.64. The molecule has 1 amide bonds. The van der Waals surface area contributed by atoms with Crippen molar-refractivity contribution in [3.05, 3.63) is 30.7 Å². The number of pyridine rings is 2. The zero-order valence-corrected chi connectivity index (χ0v) is 14.6. The van der Waals surface area contributed by atoms with E-state index in [1.165, 1.54) is 0 Å². The molecule has 7 nitrogen and oxygen atoms in total. The lowest BCUT2D eigenvalue weighted by molar-refractivity contribution is -0.131. The lowest BCUT2D eigenvalue weighted by Gasteiger charge is -2.37. The van der Waals surface area contributed by atoms with Crippen molar-refractivity contribution in [2.75, 3.05) is 25.0 Å². The average Bonchev–Trinajstić information content (AvgIpc) is 3.16. The Bertz CT molecular complexity index is 996. The molecule has 1 saturated heterocycles. The molecule has 132 valence electrons. The van der Waals surface area contributed by atoms with E-state index in [-0.39, 0.29) is 18.4 Å². The minimum absolute atomic E-state index is 0.0555. The third kappa shape index (κ3) is 2.73. The van der Waals surface area contributed by atoms with E-state index in [0.29, 0.717) is 0 Å². The van der Waals surface area contributed by atoms with Gasteiger partial charge in [-0.15, -0.1) is 0 Å². The monoisotopic (exact) mass is 348 g/mol. The Kier molecular flexibility index (Phi) is 4.17. The van der Waals surface area contributed by atoms with Crippen LogP contribution in [0.3, 0.4) is 0 Å². The van der Waals surface area contributed by atoms with Crippen LogP contribution >= 0.6 is 0 Å². The Morgan fingerprint density at radius 3 is 2.96 bits per heavy atom. The van der Waals surface area contributed by atoms with E-state index < -0.39 is 0 Å². The largest absolute Gasteiger partial charge is 0.356 e. The number of carbonyl (C=O) groups excluding carboxylic acids is 1. The number of carbonyl (C=O) groups is 1. The van der Waals surface area contributed by atoms with Gasteiger partial charge in [-0.05, 0) is 25.0 Å². The summed E-state index contributed by atoms with van der Waals surface area (Å²) in [5.41, 5.74) is 0.864. The van der Waals surface area contributed by atoms with Gasteiger partial charge in [-0.1, -0.05) is 0 Å². The van der Waals surface area contributed by atoms with Crippen LogP contribution < -0.4 is 4.90 Å². The standard InChI is InChI=1S/C19H20N6O/c1-24(16(26)2-7-20)14-5-10-25(11-6-14)19-17-13(3-8-22-19)12-23-18-15(17)4-9-21-18/h3-4,8-9,12,14H,2,5-6,10-11H2,1H3,(H,21,23). The maximum absolute atomic E-state index is 12.0. The van der Waals surface area contributed by atoms with E-state index in [1.54, 1.807) is 11.9 Å². The van der Waals surface area contributed by atoms with Crippen LogP contribution in [0.15, 0.2) is 30.7 Å². The minimum Gasteiger partial charge on any atom is -0.356 e. The fourth-order valence-electron chi connectivity index (χ4n) is 3.75. The molecule has 7 heteroatoms. The van der Waals surface area contributed by atoms with Gasteiger partial charge >= 0.3 is 0 Å². The number of piperidine rings is 1. The number of nitrogens with zero attached hydrogens (tertiary/aromatic N) is 5. The molecule has 4 heterocycles. The van der Waals surface area contributed by atoms with Crippen molar-refractivity contribution in [2.24, 2.45) is 0 Å². The molecule has 0 aromatic carbocycles. The van der Waals surface area contributed by atoms with Gasteiger partial charge in [0.25, 0.3) is 0 Å². The van der Waals surface area contributed by atoms with Gasteiger partial charge in [0, 0.05) is 60.9 Å². The molecule has 0 atom stereocenters. The number of H-pyrrole nitrogens is 1. The number of aromatic nitrogens is 3. The van der Waals surface area contributed by atoms with Gasteiger partial charge in [0.15, 0.2) is 0 Å². The molecule has 0 aliphatic carbocycles. The van der Waals surface area contributed by atoms with Crippen LogP contribution in [0.4, 0.5) is 5.82 Å². The van der Waals surface area contributed by atoms with Crippen LogP contribution in [0.5, 0.6) is 0 Å². The molecule has 1 aliphatic rings. The van der Waals surface area contributed by atoms with E-state index in [4.69, 9.17) is 5.26 Å². The number of hydrogen-bond donors (Lipinski definition) is 1. The molecular weight excluding hydrogens is 328 g/mol. The van der Waals surface area contributed by atoms with Crippen molar-refractivity contribution in [3.63, 3.8) is 0 Å². The van der Waals surface area contributed by atoms with E-state index in [1.807, 2.05) is 36.8 Å². The quantitative estimate of drug-likeness (QED) is 0.785. The Labute approximate surface area is 151 Å². The highest BCUT2D eigenvalue weighted by atomic mass is 16.2. The second-order valence-electron chi connectivity index (χ2n) is 6.65. The fourth-order valence-corrected chi connectivity index (χ4v) is 3.75. The SMILES string of the molecule is CN(C(=O)CC#N)C1CCN(c2nccc3cnc4[nH]ccc4c23)CC1. The van der Waals surface area contributed by atoms with Crippen molar-refractivity contribution in [3.8, 4) is 6.07 Å². The van der Waals surface area contributed by atoms with E-state index in [0.717, 1.165) is 53.6 Å². The van der Waals surface area contributed by atoms with Crippen LogP contribution in [0, 0.1) is 11.3 Å². The number of aromatic amines is 1. The number of fused-ring (bicyclic) bond motifs is 3. The smallest absolute Gasteiger partial charge is 0.236 e. The molecule has 4 rings (SSSR count). The third-order valence-corrected chi connectivity index (χ3v) is 5.23. The van der Waals surface area contributed by atoms with Crippen LogP contribution in [-0.2, 0) is 4.79 Å². The summed E-state index contributed by atoms with van der Waals surface area (Å²) in [6, 6.07) is 6.14. The molecular formula is C19H20N6O. The summed E-state index contributed by atoms with van der Waals surface area (Å²) in [6.07, 6.45) is 7.28. The number of hydrogen-bond acceptors (Lipinski definition) is 5. The van der Waals surface area contributed by atoms with Gasteiger partial charge in [-0.3, -0.25) is 4.79 Å². The van der Waals surface area contributed by atoms with Crippen molar-refractivity contribution in [2.45, 2.75) is 25.3 Å². The van der Waals surface area contributed by atoms with E-state index in [2.05, 4.69) is 19.9 Å². The maximum atomic E-state index is 12.0. The Hall–Kier alpha value is -3.14. The number of nitriles is 1. The molecule has 1 aliphatic heterocycles. The number of anilines is 1. The third-order valence-electron chi connectivity index (χ3n) is 5.23. The van der Waals surface area contributed by atoms with Gasteiger partial charge in [0.1, 0.15) is 17.9 Å². The molecule has 0 spiro atoms. The van der Waals surface area contributed by atoms with Crippen molar-refractivity contribution >= 4 is 33.5 Å². The predicted octanol–water partition coefficient (Wildman–Crippen LogP) is 2.45. The summed E-state index contributed by atoms with van der Waals surface area (Å²) < 4.78 is 0. The van der Waals surface area contributed by atoms with Crippen LogP contribution in [0.2, 0.25) is 0 Å². The minimum atomic E-state index is -0.102. The van der Waals surface area contributed by atoms with Crippen molar-refractivity contribution in [1.82, 2.24) is 19.9 Å². The van der Waals surface area contributed by atoms with Crippen LogP contribution in [0.25, 0.3) is 21.8 Å². The molecule has 1 N–H and O–H groups in total. The highest BCUT2D eigenvalue weighted by Gasteiger charge is 2.26. The fraction of sp³-hybridized carbons (Fsp3) is 0.368. The topological polar surface area (TPSA) is 88.9 Å². The average molecular weight is 348 g/mol. The Morgan fingerprint density at radius 2 is 2.19 bits per heavy atom. The summed E-state index contributed by atoms with van der Waals surface area (Å²) in [5.74, 6) is 0.869. The first kappa shape index (κ1) is 16.3. The van der Waals surface area contributed by atoms with E-state index >= 15 is 0 Å². The first-order chi connectivity index (χ1) is 12.7. The molecule has 1 fully saturated rings. The van der Waals surface area contributed by atoms with Gasteiger partial charge < -0.3 is 14.8 Å². The second-order valence-corrected chi connectivity index (χ2v) is 6.65. The van der Waals surface area contributed by atoms with Crippen molar-refractivity contribution < 1.29 is 4.79 Å². The normalized spacial score (nSPS) is 15.3. The molecule has 3 aromatic heterocycles. The summed E-state index contributed by atoms with van der Waals surface area (Å²) in [4.78, 5) is 28.2. The number of amides is 1. The summed E-state index contributed by atoms with van der Waals surface area (Å²) in [7, 11) is 1.80. The summed E-state index contributed by atoms with van der Waals surface area (Å²) in [6.45, 7) is 1.66. The van der Waals surface area contributed by atoms with Gasteiger partial charge in [-0.2, -0.15) is 5.26 Å².